The molecule has 0 amide bonds. The molecule has 0 radical (unpaired) electrons. The van der Waals surface area contributed by atoms with Gasteiger partial charge in [0.2, 0.25) is 0 Å². The van der Waals surface area contributed by atoms with E-state index in [2.05, 4.69) is 4.74 Å². The fourth-order valence-corrected chi connectivity index (χ4v) is 3.55. The second-order valence-electron chi connectivity index (χ2n) is 8.74. The van der Waals surface area contributed by atoms with E-state index in [1.807, 2.05) is 44.2 Å². The third-order valence-corrected chi connectivity index (χ3v) is 5.81. The van der Waals surface area contributed by atoms with Gasteiger partial charge in [0.1, 0.15) is 6.61 Å². The molecule has 3 N–H and O–H groups in total. The molecule has 0 aromatic heterocycles. The number of hydrogen-bond donors (Lipinski definition) is 3. The quantitative estimate of drug-likeness (QED) is 0.423. The van der Waals surface area contributed by atoms with Crippen molar-refractivity contribution >= 4 is 11.9 Å². The van der Waals surface area contributed by atoms with Crippen LogP contribution in [0.5, 0.6) is 0 Å². The summed E-state index contributed by atoms with van der Waals surface area (Å²) in [7, 11) is 2.28. The van der Waals surface area contributed by atoms with E-state index in [0.29, 0.717) is 11.8 Å². The van der Waals surface area contributed by atoms with Gasteiger partial charge in [0, 0.05) is 18.9 Å². The Labute approximate surface area is 202 Å². The zero-order valence-electron chi connectivity index (χ0n) is 20.6. The molecular weight excluding hydrogens is 444 g/mol. The van der Waals surface area contributed by atoms with E-state index in [0.717, 1.165) is 51.9 Å². The molecule has 4 atom stereocenters. The van der Waals surface area contributed by atoms with Crippen molar-refractivity contribution in [1.82, 2.24) is 0 Å². The summed E-state index contributed by atoms with van der Waals surface area (Å²) in [4.78, 5) is 22.7. The number of rotatable bonds is 10. The Bertz CT molecular complexity index is 689. The Kier molecular flexibility index (Phi) is 14.6. The van der Waals surface area contributed by atoms with E-state index in [1.165, 1.54) is 7.11 Å². The third kappa shape index (κ3) is 10.5. The van der Waals surface area contributed by atoms with Crippen LogP contribution in [0, 0.1) is 23.7 Å². The lowest BCUT2D eigenvalue weighted by molar-refractivity contribution is -0.159. The number of methoxy groups -OCH3 is 1. The van der Waals surface area contributed by atoms with Gasteiger partial charge in [-0.3, -0.25) is 0 Å². The highest BCUT2D eigenvalue weighted by molar-refractivity contribution is 5.75. The monoisotopic (exact) mass is 484 g/mol. The lowest BCUT2D eigenvalue weighted by atomic mass is 9.91. The molecule has 4 unspecified atom stereocenters. The second kappa shape index (κ2) is 16.6. The molecule has 2 aliphatic heterocycles. The highest BCUT2D eigenvalue weighted by Gasteiger charge is 2.30. The molecule has 1 aromatic carbocycles. The van der Waals surface area contributed by atoms with Gasteiger partial charge in [-0.15, -0.1) is 0 Å². The maximum Gasteiger partial charge on any atom is 0.335 e. The highest BCUT2D eigenvalue weighted by Crippen LogP contribution is 2.23. The fourth-order valence-electron chi connectivity index (χ4n) is 3.55. The van der Waals surface area contributed by atoms with Crippen molar-refractivity contribution in [2.75, 3.05) is 40.6 Å². The Morgan fingerprint density at radius 3 is 1.71 bits per heavy atom. The first kappa shape index (κ1) is 30.0. The summed E-state index contributed by atoms with van der Waals surface area (Å²) in [6, 6.07) is 9.45. The lowest BCUT2D eigenvalue weighted by Gasteiger charge is -2.29. The van der Waals surface area contributed by atoms with Crippen LogP contribution in [0.4, 0.5) is 0 Å². The number of esters is 2. The first-order valence-electron chi connectivity index (χ1n) is 11.6. The summed E-state index contributed by atoms with van der Waals surface area (Å²) in [5.74, 6) is -0.288. The van der Waals surface area contributed by atoms with E-state index in [9.17, 15) is 19.8 Å². The van der Waals surface area contributed by atoms with Crippen LogP contribution in [0.1, 0.15) is 32.3 Å². The summed E-state index contributed by atoms with van der Waals surface area (Å²) < 4.78 is 19.7. The number of carbonyl (C=O) groups is 2. The predicted octanol–water partition coefficient (Wildman–Crippen LogP) is 1.56. The van der Waals surface area contributed by atoms with Crippen LogP contribution in [-0.2, 0) is 35.1 Å². The van der Waals surface area contributed by atoms with Crippen LogP contribution in [0.15, 0.2) is 30.3 Å². The molecule has 2 heterocycles. The van der Waals surface area contributed by atoms with Crippen LogP contribution in [0.25, 0.3) is 0 Å². The Morgan fingerprint density at radius 1 is 0.882 bits per heavy atom. The molecule has 3 rings (SSSR count). The van der Waals surface area contributed by atoms with Gasteiger partial charge in [-0.25, -0.2) is 9.59 Å². The SMILES string of the molecule is CC(CC1COC1)C(O)C(=O)OCc1ccccc1.CO.COC(=O)C(O)C(C)CC1COC1. The molecule has 9 heteroatoms. The number of carbonyl (C=O) groups excluding carboxylic acids is 2. The number of aliphatic hydroxyl groups excluding tert-OH is 3. The van der Waals surface area contributed by atoms with E-state index >= 15 is 0 Å². The number of ether oxygens (including phenoxy) is 4. The molecular formula is C25H40O9. The number of benzene rings is 1. The molecule has 1 aromatic rings. The van der Waals surface area contributed by atoms with Crippen molar-refractivity contribution in [3.05, 3.63) is 35.9 Å². The number of hydrogen-bond acceptors (Lipinski definition) is 9. The zero-order chi connectivity index (χ0) is 25.5. The molecule has 2 fully saturated rings. The third-order valence-electron chi connectivity index (χ3n) is 5.81. The average molecular weight is 485 g/mol. The summed E-state index contributed by atoms with van der Waals surface area (Å²) in [5, 5.41) is 26.4. The zero-order valence-corrected chi connectivity index (χ0v) is 20.6. The van der Waals surface area contributed by atoms with Gasteiger partial charge in [0.15, 0.2) is 12.2 Å². The van der Waals surface area contributed by atoms with Crippen molar-refractivity contribution in [3.63, 3.8) is 0 Å². The van der Waals surface area contributed by atoms with Gasteiger partial charge in [0.05, 0.1) is 33.5 Å². The van der Waals surface area contributed by atoms with Crippen molar-refractivity contribution in [2.45, 2.75) is 45.5 Å². The maximum atomic E-state index is 11.7. The van der Waals surface area contributed by atoms with E-state index in [-0.39, 0.29) is 18.4 Å². The first-order valence-corrected chi connectivity index (χ1v) is 11.6. The van der Waals surface area contributed by atoms with Crippen molar-refractivity contribution < 1.29 is 43.9 Å². The molecule has 0 bridgehead atoms. The Morgan fingerprint density at radius 2 is 1.32 bits per heavy atom. The normalized spacial score (nSPS) is 18.8. The minimum atomic E-state index is -1.05. The summed E-state index contributed by atoms with van der Waals surface area (Å²) in [5.41, 5.74) is 0.920. The minimum Gasteiger partial charge on any atom is -0.467 e. The van der Waals surface area contributed by atoms with Crippen molar-refractivity contribution in [2.24, 2.45) is 23.7 Å². The number of aliphatic hydroxyl groups is 3. The van der Waals surface area contributed by atoms with Crippen molar-refractivity contribution in [1.29, 1.82) is 0 Å². The second-order valence-corrected chi connectivity index (χ2v) is 8.74. The van der Waals surface area contributed by atoms with Gasteiger partial charge < -0.3 is 34.3 Å². The predicted molar refractivity (Wildman–Crippen MR) is 125 cm³/mol. The average Bonchev–Trinajstić information content (AvgIpc) is 2.82. The largest absolute Gasteiger partial charge is 0.467 e. The Balaban J connectivity index is 0.000000337. The molecule has 0 aliphatic carbocycles. The van der Waals surface area contributed by atoms with Gasteiger partial charge in [-0.1, -0.05) is 44.2 Å². The summed E-state index contributed by atoms with van der Waals surface area (Å²) in [6.45, 7) is 6.88. The lowest BCUT2D eigenvalue weighted by Crippen LogP contribution is -2.35. The molecule has 0 spiro atoms. The first-order chi connectivity index (χ1) is 16.3. The van der Waals surface area contributed by atoms with Gasteiger partial charge in [-0.05, 0) is 30.2 Å². The van der Waals surface area contributed by atoms with Crippen LogP contribution in [0.3, 0.4) is 0 Å². The molecule has 0 saturated carbocycles. The Hall–Kier alpha value is -2.04. The fraction of sp³-hybridized carbons (Fsp3) is 0.680. The van der Waals surface area contributed by atoms with Crippen LogP contribution < -0.4 is 0 Å². The molecule has 9 nitrogen and oxygen atoms in total. The van der Waals surface area contributed by atoms with Crippen LogP contribution in [-0.4, -0.2) is 80.1 Å². The smallest absolute Gasteiger partial charge is 0.335 e. The highest BCUT2D eigenvalue weighted by atomic mass is 16.5. The van der Waals surface area contributed by atoms with Crippen LogP contribution >= 0.6 is 0 Å². The summed E-state index contributed by atoms with van der Waals surface area (Å²) in [6.07, 6.45) is -0.437. The van der Waals surface area contributed by atoms with Gasteiger partial charge >= 0.3 is 11.9 Å². The van der Waals surface area contributed by atoms with E-state index < -0.39 is 24.1 Å². The van der Waals surface area contributed by atoms with E-state index in [1.54, 1.807) is 0 Å². The van der Waals surface area contributed by atoms with Gasteiger partial charge in [0.25, 0.3) is 0 Å². The van der Waals surface area contributed by atoms with Crippen molar-refractivity contribution in [3.8, 4) is 0 Å². The molecule has 2 aliphatic rings. The molecule has 194 valence electrons. The molecule has 2 saturated heterocycles. The minimum absolute atomic E-state index is 0.0543. The van der Waals surface area contributed by atoms with Gasteiger partial charge in [-0.2, -0.15) is 0 Å². The summed E-state index contributed by atoms with van der Waals surface area (Å²) >= 11 is 0. The van der Waals surface area contributed by atoms with E-state index in [4.69, 9.17) is 19.3 Å². The molecule has 34 heavy (non-hydrogen) atoms. The maximum absolute atomic E-state index is 11.7. The van der Waals surface area contributed by atoms with Crippen LogP contribution in [0.2, 0.25) is 0 Å². The topological polar surface area (TPSA) is 132 Å². The standard InChI is InChI=1S/C15H20O4.C9H16O4.CH4O/c1-11(7-13-8-18-9-13)14(16)15(17)19-10-12-5-3-2-4-6-12;1-6(3-7-4-13-5-7)8(10)9(11)12-2;1-2/h2-6,11,13-14,16H,7-10H2,1H3;6-8,10H,3-5H2,1-2H3;2H,1H3.